The summed E-state index contributed by atoms with van der Waals surface area (Å²) in [6.45, 7) is 13.2. The number of aromatic amines is 2. The lowest BCUT2D eigenvalue weighted by Gasteiger charge is -2.35. The number of nitrogens with one attached hydrogen (secondary N) is 5. The minimum atomic E-state index is -0.739. The molecular formula is C42H56N8O6. The van der Waals surface area contributed by atoms with Crippen LogP contribution in [0.2, 0.25) is 0 Å². The van der Waals surface area contributed by atoms with Gasteiger partial charge in [-0.05, 0) is 72.9 Å². The largest absolute Gasteiger partial charge is 0.453 e. The molecule has 1 fully saturated rings. The minimum Gasteiger partial charge on any atom is -0.453 e. The highest BCUT2D eigenvalue weighted by Gasteiger charge is 2.41. The van der Waals surface area contributed by atoms with Crippen LogP contribution in [-0.4, -0.2) is 88.7 Å². The second-order valence-corrected chi connectivity index (χ2v) is 15.4. The maximum absolute atomic E-state index is 13.7. The number of likely N-dealkylation sites (tertiary alicyclic amines) is 1. The Bertz CT molecular complexity index is 2000. The van der Waals surface area contributed by atoms with Crippen molar-refractivity contribution in [3.63, 3.8) is 0 Å². The van der Waals surface area contributed by atoms with Crippen molar-refractivity contribution in [2.24, 2.45) is 11.3 Å². The van der Waals surface area contributed by atoms with E-state index in [1.807, 2.05) is 63.2 Å². The third-order valence-electron chi connectivity index (χ3n) is 8.83. The summed E-state index contributed by atoms with van der Waals surface area (Å²) in [7, 11) is 2.53. The SMILES string of the molecule is CC(C)C.COC(=O)NCC(=O)NCCCCc1nc2ccc(C#Cc3ccc(-c4cnc(C5CCCN5C(=O)C(NC(=O)OC)C(C)(C)C)[nH]4)cc3)cc2[nH]1. The molecule has 14 nitrogen and oxygen atoms in total. The molecule has 5 rings (SSSR count). The van der Waals surface area contributed by atoms with Gasteiger partial charge in [-0.15, -0.1) is 0 Å². The molecule has 14 heteroatoms. The van der Waals surface area contributed by atoms with Gasteiger partial charge in [-0.3, -0.25) is 9.59 Å². The van der Waals surface area contributed by atoms with Crippen molar-refractivity contribution in [2.75, 3.05) is 33.9 Å². The number of amides is 4. The summed E-state index contributed by atoms with van der Waals surface area (Å²) >= 11 is 0. The topological polar surface area (TPSA) is 183 Å². The zero-order valence-electron chi connectivity index (χ0n) is 33.8. The molecular weight excluding hydrogens is 713 g/mol. The fourth-order valence-corrected chi connectivity index (χ4v) is 6.03. The minimum absolute atomic E-state index is 0.121. The lowest BCUT2D eigenvalue weighted by Crippen LogP contribution is -2.54. The average Bonchev–Trinajstić information content (AvgIpc) is 3.94. The third kappa shape index (κ3) is 12.6. The number of rotatable bonds is 11. The van der Waals surface area contributed by atoms with E-state index >= 15 is 0 Å². The van der Waals surface area contributed by atoms with Crippen molar-refractivity contribution in [3.8, 4) is 23.1 Å². The number of carbonyl (C=O) groups excluding carboxylic acids is 4. The molecule has 4 amide bonds. The van der Waals surface area contributed by atoms with Gasteiger partial charge in [-0.2, -0.15) is 0 Å². The van der Waals surface area contributed by atoms with Crippen LogP contribution < -0.4 is 16.0 Å². The van der Waals surface area contributed by atoms with Crippen LogP contribution in [0.5, 0.6) is 0 Å². The maximum atomic E-state index is 13.7. The summed E-state index contributed by atoms with van der Waals surface area (Å²) in [6, 6.07) is 12.8. The zero-order valence-corrected chi connectivity index (χ0v) is 33.8. The van der Waals surface area contributed by atoms with Crippen LogP contribution >= 0.6 is 0 Å². The number of imidazole rings is 2. The van der Waals surface area contributed by atoms with Gasteiger partial charge in [0.2, 0.25) is 11.8 Å². The molecule has 4 aromatic rings. The molecule has 2 unspecified atom stereocenters. The number of aromatic nitrogens is 4. The first-order valence-corrected chi connectivity index (χ1v) is 19.1. The number of hydrogen-bond acceptors (Lipinski definition) is 8. The molecule has 3 heterocycles. The highest BCUT2D eigenvalue weighted by Crippen LogP contribution is 2.34. The summed E-state index contributed by atoms with van der Waals surface area (Å²) in [4.78, 5) is 66.4. The van der Waals surface area contributed by atoms with Crippen LogP contribution in [0.1, 0.15) is 96.0 Å². The van der Waals surface area contributed by atoms with Gasteiger partial charge in [0.1, 0.15) is 17.7 Å². The molecule has 1 aliphatic rings. The van der Waals surface area contributed by atoms with Crippen LogP contribution in [-0.2, 0) is 25.5 Å². The number of carbonyl (C=O) groups is 4. The van der Waals surface area contributed by atoms with Gasteiger partial charge in [-0.1, -0.05) is 65.5 Å². The number of alkyl carbamates (subject to hydrolysis) is 2. The monoisotopic (exact) mass is 768 g/mol. The predicted molar refractivity (Wildman–Crippen MR) is 215 cm³/mol. The van der Waals surface area contributed by atoms with Crippen molar-refractivity contribution in [1.29, 1.82) is 0 Å². The van der Waals surface area contributed by atoms with Gasteiger partial charge in [0.05, 0.1) is 49.7 Å². The Balaban J connectivity index is 0.00000166. The first kappa shape index (κ1) is 42.9. The van der Waals surface area contributed by atoms with Crippen molar-refractivity contribution in [2.45, 2.75) is 85.7 Å². The number of methoxy groups -OCH3 is 2. The van der Waals surface area contributed by atoms with Crippen molar-refractivity contribution in [3.05, 3.63) is 71.4 Å². The standard InChI is InChI=1S/C38H46N8O6.C4H10/c1-38(2,3)33(45-37(50)52-5)35(48)46-20-8-9-30(46)34-40-22-29(44-34)26-16-13-24(14-17-26)11-12-25-15-18-27-28(21-25)43-31(42-27)10-6-7-19-39-32(47)23-41-36(49)51-4;1-4(2)3/h13-18,21-22,30,33H,6-10,19-20,23H2,1-5H3,(H,39,47)(H,40,44)(H,41,49)(H,42,43)(H,45,50);4H,1-3H3. The van der Waals surface area contributed by atoms with E-state index in [4.69, 9.17) is 4.74 Å². The van der Waals surface area contributed by atoms with Crippen LogP contribution in [0.3, 0.4) is 0 Å². The molecule has 1 aliphatic heterocycles. The Kier molecular flexibility index (Phi) is 15.5. The van der Waals surface area contributed by atoms with Gasteiger partial charge >= 0.3 is 12.2 Å². The molecule has 0 bridgehead atoms. The van der Waals surface area contributed by atoms with E-state index in [1.54, 1.807) is 11.1 Å². The fraction of sp³-hybridized carbons (Fsp3) is 0.476. The van der Waals surface area contributed by atoms with E-state index < -0.39 is 23.6 Å². The predicted octanol–water partition coefficient (Wildman–Crippen LogP) is 6.24. The second kappa shape index (κ2) is 20.2. The summed E-state index contributed by atoms with van der Waals surface area (Å²) in [6.07, 6.45) is 4.46. The number of aryl methyl sites for hydroxylation is 1. The first-order chi connectivity index (χ1) is 26.7. The molecule has 300 valence electrons. The molecule has 0 spiro atoms. The van der Waals surface area contributed by atoms with Gasteiger partial charge in [0, 0.05) is 30.6 Å². The number of H-pyrrole nitrogens is 2. The summed E-state index contributed by atoms with van der Waals surface area (Å²) in [5, 5.41) is 7.83. The molecule has 0 radical (unpaired) electrons. The smallest absolute Gasteiger partial charge is 0.407 e. The van der Waals surface area contributed by atoms with Crippen LogP contribution in [0.15, 0.2) is 48.7 Å². The first-order valence-electron chi connectivity index (χ1n) is 19.1. The van der Waals surface area contributed by atoms with Gasteiger partial charge in [0.15, 0.2) is 0 Å². The Morgan fingerprint density at radius 2 is 1.61 bits per heavy atom. The van der Waals surface area contributed by atoms with E-state index in [1.165, 1.54) is 14.2 Å². The van der Waals surface area contributed by atoms with Crippen molar-refractivity contribution in [1.82, 2.24) is 40.8 Å². The third-order valence-corrected chi connectivity index (χ3v) is 8.83. The Morgan fingerprint density at radius 3 is 2.29 bits per heavy atom. The highest BCUT2D eigenvalue weighted by atomic mass is 16.5. The summed E-state index contributed by atoms with van der Waals surface area (Å²) < 4.78 is 9.23. The van der Waals surface area contributed by atoms with Crippen molar-refractivity contribution < 1.29 is 28.7 Å². The number of unbranched alkanes of at least 4 members (excludes halogenated alkanes) is 1. The lowest BCUT2D eigenvalue weighted by molar-refractivity contribution is -0.137. The molecule has 1 saturated heterocycles. The fourth-order valence-electron chi connectivity index (χ4n) is 6.03. The molecule has 0 aliphatic carbocycles. The normalized spacial score (nSPS) is 14.2. The van der Waals surface area contributed by atoms with Crippen LogP contribution in [0.4, 0.5) is 9.59 Å². The zero-order chi connectivity index (χ0) is 40.8. The molecule has 2 atom stereocenters. The number of hydrogen-bond donors (Lipinski definition) is 5. The summed E-state index contributed by atoms with van der Waals surface area (Å²) in [5.74, 6) is 8.47. The van der Waals surface area contributed by atoms with Crippen LogP contribution in [0.25, 0.3) is 22.3 Å². The van der Waals surface area contributed by atoms with E-state index in [2.05, 4.69) is 73.2 Å². The maximum Gasteiger partial charge on any atom is 0.407 e. The van der Waals surface area contributed by atoms with Crippen molar-refractivity contribution >= 4 is 35.0 Å². The molecule has 0 saturated carbocycles. The molecule has 2 aromatic carbocycles. The van der Waals surface area contributed by atoms with E-state index in [9.17, 15) is 19.2 Å². The van der Waals surface area contributed by atoms with Gasteiger partial charge < -0.3 is 40.3 Å². The Labute approximate surface area is 329 Å². The highest BCUT2D eigenvalue weighted by molar-refractivity contribution is 5.87. The summed E-state index contributed by atoms with van der Waals surface area (Å²) in [5.41, 5.74) is 4.77. The number of fused-ring (bicyclic) bond motifs is 1. The number of benzene rings is 2. The van der Waals surface area contributed by atoms with Crippen LogP contribution in [0, 0.1) is 23.2 Å². The van der Waals surface area contributed by atoms with E-state index in [0.29, 0.717) is 18.9 Å². The van der Waals surface area contributed by atoms with Gasteiger partial charge in [0.25, 0.3) is 0 Å². The van der Waals surface area contributed by atoms with Gasteiger partial charge in [-0.25, -0.2) is 19.6 Å². The number of ether oxygens (including phenoxy) is 2. The Morgan fingerprint density at radius 1 is 0.929 bits per heavy atom. The quantitative estimate of drug-likeness (QED) is 0.0877. The molecule has 5 N–H and O–H groups in total. The second-order valence-electron chi connectivity index (χ2n) is 15.4. The van der Waals surface area contributed by atoms with E-state index in [0.717, 1.165) is 77.3 Å². The van der Waals surface area contributed by atoms with E-state index in [-0.39, 0.29) is 24.4 Å². The molecule has 2 aromatic heterocycles. The Hall–Kier alpha value is -5.84. The molecule has 56 heavy (non-hydrogen) atoms. The average molecular weight is 769 g/mol. The number of nitrogens with zero attached hydrogens (tertiary/aromatic N) is 3. The lowest BCUT2D eigenvalue weighted by atomic mass is 9.85.